The number of benzene rings is 1. The van der Waals surface area contributed by atoms with Crippen LogP contribution < -0.4 is 10.5 Å². The highest BCUT2D eigenvalue weighted by molar-refractivity contribution is 6.30. The second-order valence-electron chi connectivity index (χ2n) is 4.10. The van der Waals surface area contributed by atoms with Crippen molar-refractivity contribution in [3.05, 3.63) is 28.8 Å². The van der Waals surface area contributed by atoms with Crippen LogP contribution in [0.2, 0.25) is 5.02 Å². The minimum atomic E-state index is 0. The number of halogens is 2. The number of ether oxygens (including phenoxy) is 1. The van der Waals surface area contributed by atoms with Crippen molar-refractivity contribution < 1.29 is 9.53 Å². The SMILES string of the molecule is COc1ccc(Cl)cc1CN(C)C(=O)CCCN.Cl. The number of methoxy groups -OCH3 is 1. The van der Waals surface area contributed by atoms with E-state index in [1.54, 1.807) is 31.2 Å². The Morgan fingerprint density at radius 1 is 1.47 bits per heavy atom. The molecule has 0 radical (unpaired) electrons. The van der Waals surface area contributed by atoms with E-state index in [1.807, 2.05) is 6.07 Å². The van der Waals surface area contributed by atoms with E-state index in [0.717, 1.165) is 11.3 Å². The highest BCUT2D eigenvalue weighted by Crippen LogP contribution is 2.23. The van der Waals surface area contributed by atoms with Gasteiger partial charge in [-0.05, 0) is 31.2 Å². The van der Waals surface area contributed by atoms with Crippen LogP contribution >= 0.6 is 24.0 Å². The summed E-state index contributed by atoms with van der Waals surface area (Å²) in [6.45, 7) is 1.01. The average molecular weight is 307 g/mol. The molecule has 4 nitrogen and oxygen atoms in total. The lowest BCUT2D eigenvalue weighted by molar-refractivity contribution is -0.130. The maximum Gasteiger partial charge on any atom is 0.222 e. The standard InChI is InChI=1S/C13H19ClN2O2.ClH/c1-16(13(17)4-3-7-15)9-10-8-11(14)5-6-12(10)18-2;/h5-6,8H,3-4,7,9,15H2,1-2H3;1H. The first kappa shape index (κ1) is 18.0. The summed E-state index contributed by atoms with van der Waals surface area (Å²) in [5.74, 6) is 0.806. The molecule has 0 fully saturated rings. The van der Waals surface area contributed by atoms with Gasteiger partial charge in [0.05, 0.1) is 7.11 Å². The van der Waals surface area contributed by atoms with Gasteiger partial charge in [-0.15, -0.1) is 12.4 Å². The van der Waals surface area contributed by atoms with Crippen LogP contribution in [0.5, 0.6) is 5.75 Å². The molecule has 0 aromatic heterocycles. The van der Waals surface area contributed by atoms with E-state index in [4.69, 9.17) is 22.1 Å². The van der Waals surface area contributed by atoms with Crippen LogP contribution in [-0.4, -0.2) is 31.5 Å². The second kappa shape index (κ2) is 9.02. The van der Waals surface area contributed by atoms with Crippen molar-refractivity contribution in [2.75, 3.05) is 20.7 Å². The zero-order valence-electron chi connectivity index (χ0n) is 11.2. The van der Waals surface area contributed by atoms with Crippen LogP contribution in [0.4, 0.5) is 0 Å². The Hall–Kier alpha value is -0.970. The van der Waals surface area contributed by atoms with Crippen LogP contribution in [0.3, 0.4) is 0 Å². The largest absolute Gasteiger partial charge is 0.496 e. The molecule has 1 aromatic carbocycles. The summed E-state index contributed by atoms with van der Waals surface area (Å²) in [4.78, 5) is 13.4. The molecule has 0 heterocycles. The topological polar surface area (TPSA) is 55.6 Å². The van der Waals surface area contributed by atoms with Crippen LogP contribution in [0.25, 0.3) is 0 Å². The van der Waals surface area contributed by atoms with E-state index < -0.39 is 0 Å². The molecule has 1 rings (SSSR count). The van der Waals surface area contributed by atoms with Crippen molar-refractivity contribution in [1.82, 2.24) is 4.90 Å². The zero-order chi connectivity index (χ0) is 13.5. The third-order valence-electron chi connectivity index (χ3n) is 2.67. The van der Waals surface area contributed by atoms with Gasteiger partial charge >= 0.3 is 0 Å². The summed E-state index contributed by atoms with van der Waals surface area (Å²) < 4.78 is 5.25. The molecular formula is C13H20Cl2N2O2. The Kier molecular flexibility index (Phi) is 8.56. The lowest BCUT2D eigenvalue weighted by Gasteiger charge is -2.19. The van der Waals surface area contributed by atoms with Crippen molar-refractivity contribution in [2.24, 2.45) is 5.73 Å². The molecule has 0 aliphatic carbocycles. The smallest absolute Gasteiger partial charge is 0.222 e. The van der Waals surface area contributed by atoms with Gasteiger partial charge in [-0.2, -0.15) is 0 Å². The van der Waals surface area contributed by atoms with Crippen molar-refractivity contribution in [1.29, 1.82) is 0 Å². The second-order valence-corrected chi connectivity index (χ2v) is 4.53. The Balaban J connectivity index is 0.00000324. The minimum absolute atomic E-state index is 0. The fourth-order valence-electron chi connectivity index (χ4n) is 1.66. The summed E-state index contributed by atoms with van der Waals surface area (Å²) >= 11 is 5.94. The summed E-state index contributed by atoms with van der Waals surface area (Å²) in [5, 5.41) is 0.633. The summed E-state index contributed by atoms with van der Waals surface area (Å²) in [6.07, 6.45) is 1.17. The summed E-state index contributed by atoms with van der Waals surface area (Å²) in [6, 6.07) is 5.38. The van der Waals surface area contributed by atoms with Crippen molar-refractivity contribution in [2.45, 2.75) is 19.4 Å². The molecule has 108 valence electrons. The Bertz CT molecular complexity index is 414. The average Bonchev–Trinajstić information content (AvgIpc) is 2.36. The highest BCUT2D eigenvalue weighted by Gasteiger charge is 2.12. The fraction of sp³-hybridized carbons (Fsp3) is 0.462. The number of hydrogen-bond donors (Lipinski definition) is 1. The van der Waals surface area contributed by atoms with Gasteiger partial charge < -0.3 is 15.4 Å². The van der Waals surface area contributed by atoms with Crippen LogP contribution in [0, 0.1) is 0 Å². The predicted octanol–water partition coefficient (Wildman–Crippen LogP) is 2.47. The molecule has 2 N–H and O–H groups in total. The molecule has 0 saturated carbocycles. The molecule has 6 heteroatoms. The van der Waals surface area contributed by atoms with Gasteiger partial charge in [0.15, 0.2) is 0 Å². The van der Waals surface area contributed by atoms with E-state index in [9.17, 15) is 4.79 Å². The van der Waals surface area contributed by atoms with Gasteiger partial charge in [-0.25, -0.2) is 0 Å². The number of carbonyl (C=O) groups excluding carboxylic acids is 1. The summed E-state index contributed by atoms with van der Waals surface area (Å²) in [7, 11) is 3.36. The minimum Gasteiger partial charge on any atom is -0.496 e. The number of carbonyl (C=O) groups is 1. The van der Waals surface area contributed by atoms with Crippen molar-refractivity contribution in [3.63, 3.8) is 0 Å². The molecule has 0 aliphatic rings. The number of hydrogen-bond acceptors (Lipinski definition) is 3. The molecule has 0 saturated heterocycles. The van der Waals surface area contributed by atoms with E-state index in [1.165, 1.54) is 0 Å². The number of rotatable bonds is 6. The van der Waals surface area contributed by atoms with Crippen molar-refractivity contribution in [3.8, 4) is 5.75 Å². The maximum atomic E-state index is 11.8. The molecule has 0 unspecified atom stereocenters. The van der Waals surface area contributed by atoms with Crippen LogP contribution in [0.1, 0.15) is 18.4 Å². The van der Waals surface area contributed by atoms with Gasteiger partial charge in [0.25, 0.3) is 0 Å². The Morgan fingerprint density at radius 3 is 2.74 bits per heavy atom. The Labute approximate surface area is 125 Å². The molecule has 1 amide bonds. The zero-order valence-corrected chi connectivity index (χ0v) is 12.8. The van der Waals surface area contributed by atoms with Crippen molar-refractivity contribution >= 4 is 29.9 Å². The van der Waals surface area contributed by atoms with E-state index in [2.05, 4.69) is 0 Å². The normalized spacial score (nSPS) is 9.68. The first-order valence-electron chi connectivity index (χ1n) is 5.85. The first-order chi connectivity index (χ1) is 8.58. The predicted molar refractivity (Wildman–Crippen MR) is 80.0 cm³/mol. The molecular weight excluding hydrogens is 287 g/mol. The molecule has 0 bridgehead atoms. The first-order valence-corrected chi connectivity index (χ1v) is 6.22. The van der Waals surface area contributed by atoms with Gasteiger partial charge in [-0.1, -0.05) is 11.6 Å². The number of amides is 1. The molecule has 1 aromatic rings. The molecule has 0 aliphatic heterocycles. The highest BCUT2D eigenvalue weighted by atomic mass is 35.5. The van der Waals surface area contributed by atoms with Crippen LogP contribution in [0.15, 0.2) is 18.2 Å². The monoisotopic (exact) mass is 306 g/mol. The van der Waals surface area contributed by atoms with E-state index in [-0.39, 0.29) is 18.3 Å². The van der Waals surface area contributed by atoms with E-state index in [0.29, 0.717) is 31.0 Å². The lowest BCUT2D eigenvalue weighted by Crippen LogP contribution is -2.26. The van der Waals surface area contributed by atoms with E-state index >= 15 is 0 Å². The summed E-state index contributed by atoms with van der Waals surface area (Å²) in [5.41, 5.74) is 6.28. The lowest BCUT2D eigenvalue weighted by atomic mass is 10.2. The van der Waals surface area contributed by atoms with Gasteiger partial charge in [0, 0.05) is 30.6 Å². The Morgan fingerprint density at radius 2 is 2.16 bits per heavy atom. The molecule has 0 spiro atoms. The van der Waals surface area contributed by atoms with Crippen LogP contribution in [-0.2, 0) is 11.3 Å². The quantitative estimate of drug-likeness (QED) is 0.878. The van der Waals surface area contributed by atoms with Gasteiger partial charge in [0.2, 0.25) is 5.91 Å². The third-order valence-corrected chi connectivity index (χ3v) is 2.91. The number of nitrogens with zero attached hydrogens (tertiary/aromatic N) is 1. The van der Waals surface area contributed by atoms with Gasteiger partial charge in [0.1, 0.15) is 5.75 Å². The fourth-order valence-corrected chi connectivity index (χ4v) is 1.85. The third kappa shape index (κ3) is 5.68. The number of nitrogens with two attached hydrogens (primary N) is 1. The molecule has 0 atom stereocenters. The maximum absolute atomic E-state index is 11.8. The molecule has 19 heavy (non-hydrogen) atoms. The van der Waals surface area contributed by atoms with Gasteiger partial charge in [-0.3, -0.25) is 4.79 Å².